The van der Waals surface area contributed by atoms with Gasteiger partial charge in [0.25, 0.3) is 0 Å². The summed E-state index contributed by atoms with van der Waals surface area (Å²) >= 11 is 0. The van der Waals surface area contributed by atoms with Gasteiger partial charge in [0.2, 0.25) is 0 Å². The Morgan fingerprint density at radius 3 is 2.53 bits per heavy atom. The molecule has 0 saturated carbocycles. The van der Waals surface area contributed by atoms with Gasteiger partial charge in [-0.05, 0) is 32.9 Å². The van der Waals surface area contributed by atoms with Crippen LogP contribution in [0.15, 0.2) is 0 Å². The van der Waals surface area contributed by atoms with Gasteiger partial charge in [-0.25, -0.2) is 0 Å². The van der Waals surface area contributed by atoms with E-state index in [1.54, 1.807) is 0 Å². The Hall–Kier alpha value is -0.120. The van der Waals surface area contributed by atoms with Crippen molar-refractivity contribution in [2.75, 3.05) is 33.7 Å². The standard InChI is InChI=1S/C12H27N3/c1-10(2)7-11(13)8-12-9-14(3)5-6-15(12)4/h10-12H,5-9,13H2,1-4H3. The maximum atomic E-state index is 6.17. The second-order valence-corrected chi connectivity index (χ2v) is 5.52. The minimum Gasteiger partial charge on any atom is -0.328 e. The minimum absolute atomic E-state index is 0.365. The Kier molecular flexibility index (Phi) is 5.03. The number of nitrogens with two attached hydrogens (primary N) is 1. The van der Waals surface area contributed by atoms with E-state index >= 15 is 0 Å². The molecule has 0 aliphatic carbocycles. The number of hydrogen-bond donors (Lipinski definition) is 1. The van der Waals surface area contributed by atoms with Crippen LogP contribution in [0.5, 0.6) is 0 Å². The lowest BCUT2D eigenvalue weighted by Crippen LogP contribution is -2.51. The highest BCUT2D eigenvalue weighted by Gasteiger charge is 2.24. The molecule has 0 amide bonds. The zero-order valence-corrected chi connectivity index (χ0v) is 10.7. The van der Waals surface area contributed by atoms with Crippen LogP contribution in [-0.2, 0) is 0 Å². The summed E-state index contributed by atoms with van der Waals surface area (Å²) in [7, 11) is 4.42. The zero-order chi connectivity index (χ0) is 11.4. The molecule has 15 heavy (non-hydrogen) atoms. The Labute approximate surface area is 94.6 Å². The lowest BCUT2D eigenvalue weighted by Gasteiger charge is -2.39. The van der Waals surface area contributed by atoms with Crippen molar-refractivity contribution in [1.82, 2.24) is 9.80 Å². The largest absolute Gasteiger partial charge is 0.328 e. The van der Waals surface area contributed by atoms with Crippen LogP contribution >= 0.6 is 0 Å². The van der Waals surface area contributed by atoms with E-state index in [-0.39, 0.29) is 0 Å². The molecule has 1 saturated heterocycles. The first-order valence-electron chi connectivity index (χ1n) is 6.13. The molecule has 2 atom stereocenters. The van der Waals surface area contributed by atoms with Gasteiger partial charge in [-0.15, -0.1) is 0 Å². The minimum atomic E-state index is 0.365. The SMILES string of the molecule is CC(C)CC(N)CC1CN(C)CCN1C. The van der Waals surface area contributed by atoms with Gasteiger partial charge >= 0.3 is 0 Å². The number of rotatable bonds is 4. The highest BCUT2D eigenvalue weighted by molar-refractivity contribution is 4.82. The maximum absolute atomic E-state index is 6.17. The summed E-state index contributed by atoms with van der Waals surface area (Å²) in [4.78, 5) is 4.87. The monoisotopic (exact) mass is 213 g/mol. The van der Waals surface area contributed by atoms with Crippen molar-refractivity contribution < 1.29 is 0 Å². The summed E-state index contributed by atoms with van der Waals surface area (Å²) in [5.41, 5.74) is 6.17. The quantitative estimate of drug-likeness (QED) is 0.756. The summed E-state index contributed by atoms with van der Waals surface area (Å²) in [5.74, 6) is 0.714. The van der Waals surface area contributed by atoms with E-state index in [1.807, 2.05) is 0 Å². The molecule has 1 aliphatic rings. The van der Waals surface area contributed by atoms with Gasteiger partial charge in [-0.2, -0.15) is 0 Å². The van der Waals surface area contributed by atoms with E-state index in [2.05, 4.69) is 37.7 Å². The number of likely N-dealkylation sites (N-methyl/N-ethyl adjacent to an activating group) is 2. The normalized spacial score (nSPS) is 27.2. The van der Waals surface area contributed by atoms with Gasteiger partial charge in [0.05, 0.1) is 0 Å². The average Bonchev–Trinajstić information content (AvgIpc) is 2.10. The Balaban J connectivity index is 2.34. The predicted molar refractivity (Wildman–Crippen MR) is 66.0 cm³/mol. The second-order valence-electron chi connectivity index (χ2n) is 5.52. The third-order valence-corrected chi connectivity index (χ3v) is 3.33. The van der Waals surface area contributed by atoms with Crippen LogP contribution in [0.2, 0.25) is 0 Å². The predicted octanol–water partition coefficient (Wildman–Crippen LogP) is 0.996. The van der Waals surface area contributed by atoms with Crippen LogP contribution in [0.3, 0.4) is 0 Å². The highest BCUT2D eigenvalue weighted by atomic mass is 15.3. The van der Waals surface area contributed by atoms with Gasteiger partial charge < -0.3 is 15.5 Å². The summed E-state index contributed by atoms with van der Waals surface area (Å²) in [6.07, 6.45) is 2.28. The van der Waals surface area contributed by atoms with Crippen LogP contribution in [0.25, 0.3) is 0 Å². The van der Waals surface area contributed by atoms with Gasteiger partial charge in [0.15, 0.2) is 0 Å². The van der Waals surface area contributed by atoms with Crippen LogP contribution < -0.4 is 5.73 Å². The van der Waals surface area contributed by atoms with Crippen molar-refractivity contribution in [3.05, 3.63) is 0 Å². The van der Waals surface area contributed by atoms with Crippen molar-refractivity contribution in [3.63, 3.8) is 0 Å². The van der Waals surface area contributed by atoms with E-state index in [9.17, 15) is 0 Å². The Morgan fingerprint density at radius 2 is 1.93 bits per heavy atom. The van der Waals surface area contributed by atoms with Crippen molar-refractivity contribution >= 4 is 0 Å². The van der Waals surface area contributed by atoms with E-state index in [0.717, 1.165) is 12.8 Å². The molecule has 3 nitrogen and oxygen atoms in total. The molecule has 0 aromatic heterocycles. The molecule has 1 heterocycles. The van der Waals surface area contributed by atoms with Crippen molar-refractivity contribution in [2.24, 2.45) is 11.7 Å². The van der Waals surface area contributed by atoms with Crippen LogP contribution in [0, 0.1) is 5.92 Å². The molecule has 2 unspecified atom stereocenters. The van der Waals surface area contributed by atoms with Gasteiger partial charge in [-0.3, -0.25) is 0 Å². The van der Waals surface area contributed by atoms with E-state index in [4.69, 9.17) is 5.73 Å². The maximum Gasteiger partial charge on any atom is 0.0235 e. The molecule has 0 aromatic carbocycles. The topological polar surface area (TPSA) is 32.5 Å². The molecule has 1 fully saturated rings. The highest BCUT2D eigenvalue weighted by Crippen LogP contribution is 2.14. The summed E-state index contributed by atoms with van der Waals surface area (Å²) < 4.78 is 0. The van der Waals surface area contributed by atoms with Gasteiger partial charge in [0.1, 0.15) is 0 Å². The lowest BCUT2D eigenvalue weighted by molar-refractivity contribution is 0.102. The first-order valence-corrected chi connectivity index (χ1v) is 6.13. The molecule has 90 valence electrons. The van der Waals surface area contributed by atoms with E-state index in [0.29, 0.717) is 18.0 Å². The number of hydrogen-bond acceptors (Lipinski definition) is 3. The van der Waals surface area contributed by atoms with Crippen molar-refractivity contribution in [2.45, 2.75) is 38.8 Å². The fraction of sp³-hybridized carbons (Fsp3) is 1.00. The second kappa shape index (κ2) is 5.83. The molecule has 0 radical (unpaired) electrons. The fourth-order valence-electron chi connectivity index (χ4n) is 2.41. The lowest BCUT2D eigenvalue weighted by atomic mass is 9.97. The molecule has 0 spiro atoms. The smallest absolute Gasteiger partial charge is 0.0235 e. The molecular formula is C12H27N3. The van der Waals surface area contributed by atoms with E-state index < -0.39 is 0 Å². The summed E-state index contributed by atoms with van der Waals surface area (Å²) in [5, 5.41) is 0. The molecule has 0 aromatic rings. The van der Waals surface area contributed by atoms with Crippen LogP contribution in [0.4, 0.5) is 0 Å². The van der Waals surface area contributed by atoms with E-state index in [1.165, 1.54) is 19.6 Å². The van der Waals surface area contributed by atoms with Crippen LogP contribution in [-0.4, -0.2) is 55.6 Å². The van der Waals surface area contributed by atoms with Gasteiger partial charge in [0, 0.05) is 31.7 Å². The first-order chi connectivity index (χ1) is 6.99. The summed E-state index contributed by atoms with van der Waals surface area (Å²) in [6.45, 7) is 8.03. The Morgan fingerprint density at radius 1 is 1.27 bits per heavy atom. The molecule has 3 heteroatoms. The zero-order valence-electron chi connectivity index (χ0n) is 10.7. The first kappa shape index (κ1) is 12.9. The molecule has 1 rings (SSSR count). The molecule has 0 bridgehead atoms. The summed E-state index contributed by atoms with van der Waals surface area (Å²) in [6, 6.07) is 1.02. The molecular weight excluding hydrogens is 186 g/mol. The van der Waals surface area contributed by atoms with Crippen LogP contribution in [0.1, 0.15) is 26.7 Å². The van der Waals surface area contributed by atoms with Crippen molar-refractivity contribution in [1.29, 1.82) is 0 Å². The molecule has 1 aliphatic heterocycles. The Bertz CT molecular complexity index is 182. The number of piperazine rings is 1. The third kappa shape index (κ3) is 4.49. The average molecular weight is 213 g/mol. The number of nitrogens with zero attached hydrogens (tertiary/aromatic N) is 2. The fourth-order valence-corrected chi connectivity index (χ4v) is 2.41. The molecule has 2 N–H and O–H groups in total. The third-order valence-electron chi connectivity index (χ3n) is 3.33. The van der Waals surface area contributed by atoms with Gasteiger partial charge in [-0.1, -0.05) is 13.8 Å². The van der Waals surface area contributed by atoms with Crippen molar-refractivity contribution in [3.8, 4) is 0 Å².